The van der Waals surface area contributed by atoms with E-state index in [0.29, 0.717) is 0 Å². The maximum absolute atomic E-state index is 13.4. The molecule has 25 heavy (non-hydrogen) atoms. The van der Waals surface area contributed by atoms with Crippen LogP contribution in [0.3, 0.4) is 0 Å². The molecule has 3 rings (SSSR count). The Morgan fingerprint density at radius 1 is 1.24 bits per heavy atom. The number of rotatable bonds is 7. The van der Waals surface area contributed by atoms with Gasteiger partial charge in [0, 0.05) is 9.79 Å². The monoisotopic (exact) mass is 359 g/mol. The molecule has 0 aromatic heterocycles. The first-order chi connectivity index (χ1) is 12.1. The van der Waals surface area contributed by atoms with Crippen LogP contribution in [0.15, 0.2) is 58.3 Å². The predicted molar refractivity (Wildman–Crippen MR) is 97.5 cm³/mol. The molecule has 0 bridgehead atoms. The highest BCUT2D eigenvalue weighted by atomic mass is 32.2. The van der Waals surface area contributed by atoms with Crippen molar-refractivity contribution in [3.05, 3.63) is 59.9 Å². The molecule has 3 nitrogen and oxygen atoms in total. The second-order valence-electron chi connectivity index (χ2n) is 6.30. The Labute approximate surface area is 151 Å². The molecule has 0 unspecified atom stereocenters. The Morgan fingerprint density at radius 2 is 2.08 bits per heavy atom. The zero-order chi connectivity index (χ0) is 17.6. The average Bonchev–Trinajstić information content (AvgIpc) is 3.05. The molecule has 0 radical (unpaired) electrons. The van der Waals surface area contributed by atoms with Crippen molar-refractivity contribution < 1.29 is 14.3 Å². The van der Waals surface area contributed by atoms with Gasteiger partial charge in [-0.05, 0) is 68.6 Å². The Morgan fingerprint density at radius 3 is 2.88 bits per heavy atom. The maximum Gasteiger partial charge on any atom is 0.320 e. The molecule has 1 aliphatic heterocycles. The van der Waals surface area contributed by atoms with Gasteiger partial charge in [-0.1, -0.05) is 36.0 Å². The van der Waals surface area contributed by atoms with Crippen LogP contribution in [0.4, 0.5) is 4.39 Å². The van der Waals surface area contributed by atoms with Gasteiger partial charge in [0.05, 0.1) is 0 Å². The summed E-state index contributed by atoms with van der Waals surface area (Å²) in [6, 6.07) is 14.5. The van der Waals surface area contributed by atoms with Crippen LogP contribution < -0.4 is 0 Å². The summed E-state index contributed by atoms with van der Waals surface area (Å²) in [4.78, 5) is 15.3. The summed E-state index contributed by atoms with van der Waals surface area (Å²) in [5, 5.41) is 9.26. The number of hydrogen-bond donors (Lipinski definition) is 1. The summed E-state index contributed by atoms with van der Waals surface area (Å²) in [7, 11) is 0. The lowest BCUT2D eigenvalue weighted by Gasteiger charge is -2.21. The van der Waals surface area contributed by atoms with Crippen molar-refractivity contribution in [2.24, 2.45) is 0 Å². The van der Waals surface area contributed by atoms with E-state index < -0.39 is 5.97 Å². The van der Waals surface area contributed by atoms with Gasteiger partial charge < -0.3 is 5.11 Å². The molecule has 1 aliphatic rings. The highest BCUT2D eigenvalue weighted by molar-refractivity contribution is 7.99. The largest absolute Gasteiger partial charge is 0.480 e. The molecule has 0 spiro atoms. The van der Waals surface area contributed by atoms with Gasteiger partial charge in [-0.3, -0.25) is 9.69 Å². The third kappa shape index (κ3) is 4.83. The first kappa shape index (κ1) is 18.0. The first-order valence-corrected chi connectivity index (χ1v) is 9.43. The molecule has 5 heteroatoms. The zero-order valence-corrected chi connectivity index (χ0v) is 14.8. The molecule has 0 saturated carbocycles. The van der Waals surface area contributed by atoms with E-state index >= 15 is 0 Å². The standard InChI is InChI=1S/C20H22FNO2S/c21-16-8-3-9-17(14-16)25-19-11-2-1-6-15(19)7-4-12-22-13-5-10-18(22)20(23)24/h1-3,6,8-9,11,14,18H,4-5,7,10,12-13H2,(H,23,24)/t18-/m0/s1. The maximum atomic E-state index is 13.4. The van der Waals surface area contributed by atoms with E-state index in [-0.39, 0.29) is 11.9 Å². The van der Waals surface area contributed by atoms with Gasteiger partial charge in [-0.15, -0.1) is 0 Å². The molecule has 1 heterocycles. The summed E-state index contributed by atoms with van der Waals surface area (Å²) in [5.74, 6) is -0.934. The highest BCUT2D eigenvalue weighted by Crippen LogP contribution is 2.31. The average molecular weight is 359 g/mol. The van der Waals surface area contributed by atoms with E-state index in [4.69, 9.17) is 0 Å². The molecule has 2 aromatic rings. The van der Waals surface area contributed by atoms with E-state index in [1.54, 1.807) is 23.9 Å². The van der Waals surface area contributed by atoms with E-state index in [1.807, 2.05) is 18.2 Å². The molecule has 1 atom stereocenters. The molecular formula is C20H22FNO2S. The van der Waals surface area contributed by atoms with Crippen molar-refractivity contribution in [3.63, 3.8) is 0 Å². The van der Waals surface area contributed by atoms with Crippen LogP contribution in [-0.2, 0) is 11.2 Å². The van der Waals surface area contributed by atoms with Crippen molar-refractivity contribution in [1.29, 1.82) is 0 Å². The number of carboxylic acids is 1. The molecule has 1 fully saturated rings. The number of carbonyl (C=O) groups is 1. The van der Waals surface area contributed by atoms with Crippen LogP contribution in [0, 0.1) is 5.82 Å². The van der Waals surface area contributed by atoms with Crippen molar-refractivity contribution in [1.82, 2.24) is 4.90 Å². The van der Waals surface area contributed by atoms with Gasteiger partial charge in [0.1, 0.15) is 11.9 Å². The van der Waals surface area contributed by atoms with E-state index in [9.17, 15) is 14.3 Å². The minimum absolute atomic E-state index is 0.226. The summed E-state index contributed by atoms with van der Waals surface area (Å²) in [5.41, 5.74) is 1.22. The summed E-state index contributed by atoms with van der Waals surface area (Å²) < 4.78 is 13.4. The number of aryl methyl sites for hydroxylation is 1. The van der Waals surface area contributed by atoms with Gasteiger partial charge in [0.2, 0.25) is 0 Å². The van der Waals surface area contributed by atoms with E-state index in [0.717, 1.165) is 48.6 Å². The molecule has 2 aromatic carbocycles. The summed E-state index contributed by atoms with van der Waals surface area (Å²) in [6.45, 7) is 1.67. The van der Waals surface area contributed by atoms with Crippen molar-refractivity contribution in [2.75, 3.05) is 13.1 Å². The normalized spacial score (nSPS) is 17.7. The van der Waals surface area contributed by atoms with Crippen LogP contribution in [0.25, 0.3) is 0 Å². The highest BCUT2D eigenvalue weighted by Gasteiger charge is 2.29. The predicted octanol–water partition coefficient (Wildman–Crippen LogP) is 4.46. The zero-order valence-electron chi connectivity index (χ0n) is 14.0. The fraction of sp³-hybridized carbons (Fsp3) is 0.350. The number of benzene rings is 2. The Kier molecular flexibility index (Phi) is 6.10. The second kappa shape index (κ2) is 8.50. The Hall–Kier alpha value is -1.85. The van der Waals surface area contributed by atoms with Gasteiger partial charge in [-0.25, -0.2) is 4.39 Å². The fourth-order valence-corrected chi connectivity index (χ4v) is 4.33. The van der Waals surface area contributed by atoms with Crippen molar-refractivity contribution >= 4 is 17.7 Å². The van der Waals surface area contributed by atoms with Crippen LogP contribution in [0.1, 0.15) is 24.8 Å². The number of carboxylic acid groups (broad SMARTS) is 1. The smallest absolute Gasteiger partial charge is 0.320 e. The Balaban J connectivity index is 1.60. The second-order valence-corrected chi connectivity index (χ2v) is 7.42. The molecule has 1 N–H and O–H groups in total. The van der Waals surface area contributed by atoms with E-state index in [2.05, 4.69) is 17.0 Å². The molecule has 132 valence electrons. The molecule has 0 aliphatic carbocycles. The van der Waals surface area contributed by atoms with Gasteiger partial charge in [0.25, 0.3) is 0 Å². The third-order valence-electron chi connectivity index (χ3n) is 4.54. The molecular weight excluding hydrogens is 337 g/mol. The minimum atomic E-state index is -0.709. The number of likely N-dealkylation sites (tertiary alicyclic amines) is 1. The minimum Gasteiger partial charge on any atom is -0.480 e. The topological polar surface area (TPSA) is 40.5 Å². The molecule has 1 saturated heterocycles. The number of hydrogen-bond acceptors (Lipinski definition) is 3. The van der Waals surface area contributed by atoms with Gasteiger partial charge in [0.15, 0.2) is 0 Å². The van der Waals surface area contributed by atoms with Gasteiger partial charge >= 0.3 is 5.97 Å². The summed E-state index contributed by atoms with van der Waals surface area (Å²) >= 11 is 1.57. The SMILES string of the molecule is O=C(O)[C@@H]1CCCN1CCCc1ccccc1Sc1cccc(F)c1. The Bertz CT molecular complexity index is 737. The van der Waals surface area contributed by atoms with Crippen molar-refractivity contribution in [3.8, 4) is 0 Å². The third-order valence-corrected chi connectivity index (χ3v) is 5.64. The number of aliphatic carboxylic acids is 1. The quantitative estimate of drug-likeness (QED) is 0.792. The van der Waals surface area contributed by atoms with Crippen LogP contribution in [0.5, 0.6) is 0 Å². The molecule has 0 amide bonds. The summed E-state index contributed by atoms with van der Waals surface area (Å²) in [6.07, 6.45) is 3.52. The lowest BCUT2D eigenvalue weighted by molar-refractivity contribution is -0.142. The van der Waals surface area contributed by atoms with Crippen LogP contribution in [0.2, 0.25) is 0 Å². The lowest BCUT2D eigenvalue weighted by Crippen LogP contribution is -2.36. The lowest BCUT2D eigenvalue weighted by atomic mass is 10.1. The van der Waals surface area contributed by atoms with Gasteiger partial charge in [-0.2, -0.15) is 0 Å². The van der Waals surface area contributed by atoms with Crippen LogP contribution >= 0.6 is 11.8 Å². The van der Waals surface area contributed by atoms with E-state index in [1.165, 1.54) is 11.6 Å². The fourth-order valence-electron chi connectivity index (χ4n) is 3.31. The van der Waals surface area contributed by atoms with Crippen molar-refractivity contribution in [2.45, 2.75) is 41.5 Å². The number of halogens is 1. The first-order valence-electron chi connectivity index (χ1n) is 8.61. The van der Waals surface area contributed by atoms with Crippen LogP contribution in [-0.4, -0.2) is 35.1 Å². The number of nitrogens with zero attached hydrogens (tertiary/aromatic N) is 1.